The highest BCUT2D eigenvalue weighted by Gasteiger charge is 2.35. The molecule has 0 saturated carbocycles. The van der Waals surface area contributed by atoms with Gasteiger partial charge in [-0.05, 0) is 178 Å². The maximum atomic E-state index is 14.0. The zero-order valence-corrected chi connectivity index (χ0v) is 69.1. The van der Waals surface area contributed by atoms with Crippen molar-refractivity contribution < 1.29 is 58.3 Å². The Morgan fingerprint density at radius 2 is 0.821 bits per heavy atom. The molecule has 0 aromatic carbocycles. The summed E-state index contributed by atoms with van der Waals surface area (Å²) in [7, 11) is 13.4. The number of nitriles is 3. The highest BCUT2D eigenvalue weighted by Crippen LogP contribution is 2.37. The van der Waals surface area contributed by atoms with Crippen LogP contribution in [0.5, 0.6) is 5.88 Å². The molecule has 3 N–H and O–H groups in total. The number of piperazine rings is 3. The Morgan fingerprint density at radius 3 is 1.15 bits per heavy atom. The van der Waals surface area contributed by atoms with Crippen LogP contribution in [0.2, 0.25) is 0 Å². The molecule has 117 heavy (non-hydrogen) atoms. The molecule has 0 spiro atoms. The summed E-state index contributed by atoms with van der Waals surface area (Å²) in [4.78, 5) is 121. The molecule has 9 amide bonds. The van der Waals surface area contributed by atoms with E-state index in [1.54, 1.807) is 77.8 Å². The number of rotatable bonds is 24. The molecular formula is C82H111FN21O11S2-. The van der Waals surface area contributed by atoms with Crippen molar-refractivity contribution in [3.63, 3.8) is 0 Å². The van der Waals surface area contributed by atoms with Crippen molar-refractivity contribution in [2.75, 3.05) is 190 Å². The molecule has 6 aliphatic heterocycles. The van der Waals surface area contributed by atoms with Gasteiger partial charge in [0.15, 0.2) is 0 Å². The molecule has 32 nitrogen and oxygen atoms in total. The average molecular weight is 1650 g/mol. The lowest BCUT2D eigenvalue weighted by Crippen LogP contribution is -2.48. The Balaban J connectivity index is 0.000000242. The summed E-state index contributed by atoms with van der Waals surface area (Å²) >= 11 is 3.54. The predicted molar refractivity (Wildman–Crippen MR) is 449 cm³/mol. The third-order valence-electron chi connectivity index (χ3n) is 20.5. The number of nitrogens with one attached hydrogen (secondary N) is 3. The lowest BCUT2D eigenvalue weighted by molar-refractivity contribution is -0.137. The number of amides is 9. The zero-order valence-electron chi connectivity index (χ0n) is 68.4. The fourth-order valence-electron chi connectivity index (χ4n) is 14.6. The van der Waals surface area contributed by atoms with E-state index in [4.69, 9.17) is 43.9 Å². The van der Waals surface area contributed by atoms with E-state index in [-0.39, 0.29) is 57.4 Å². The van der Waals surface area contributed by atoms with E-state index in [0.717, 1.165) is 126 Å². The number of fused-ring (bicyclic) bond motifs is 3. The maximum Gasteiger partial charge on any atom is 0.328 e. The van der Waals surface area contributed by atoms with Crippen molar-refractivity contribution in [1.29, 1.82) is 15.8 Å². The van der Waals surface area contributed by atoms with Crippen molar-refractivity contribution in [3.8, 4) is 24.1 Å². The maximum absolute atomic E-state index is 14.0. The molecule has 2 atom stereocenters. The lowest BCUT2D eigenvalue weighted by atomic mass is 10.00. The molecular weight excluding hydrogens is 1540 g/mol. The van der Waals surface area contributed by atoms with E-state index in [1.807, 2.05) is 63.8 Å². The summed E-state index contributed by atoms with van der Waals surface area (Å²) < 4.78 is 41.7. The Labute approximate surface area is 695 Å². The lowest BCUT2D eigenvalue weighted by Gasteiger charge is -2.34. The number of nitrogens with zero attached hydrogens (tertiary/aromatic N) is 18. The fourth-order valence-corrected chi connectivity index (χ4v) is 16.0. The molecule has 12 rings (SSSR count). The van der Waals surface area contributed by atoms with Gasteiger partial charge < -0.3 is 39.8 Å². The first-order valence-corrected chi connectivity index (χ1v) is 40.9. The van der Waals surface area contributed by atoms with Crippen LogP contribution in [-0.2, 0) is 85.1 Å². The summed E-state index contributed by atoms with van der Waals surface area (Å²) in [5.74, 6) is 4.87. The molecule has 630 valence electrons. The van der Waals surface area contributed by atoms with Crippen molar-refractivity contribution in [2.45, 2.75) is 112 Å². The van der Waals surface area contributed by atoms with Crippen LogP contribution in [0, 0.1) is 51.6 Å². The fraction of sp³-hybridized carbons (Fsp3) is 0.524. The average Bonchev–Trinajstić information content (AvgIpc) is 0.775. The van der Waals surface area contributed by atoms with Crippen LogP contribution in [-0.4, -0.2) is 254 Å². The van der Waals surface area contributed by atoms with Crippen LogP contribution in [0.1, 0.15) is 135 Å². The van der Waals surface area contributed by atoms with E-state index < -0.39 is 24.4 Å². The summed E-state index contributed by atoms with van der Waals surface area (Å²) in [6.45, 7) is 12.3. The highest BCUT2D eigenvalue weighted by atomic mass is 32.2. The third-order valence-corrected chi connectivity index (χ3v) is 22.3. The number of ether oxygens (including phenoxy) is 5. The molecule has 6 aromatic rings. The minimum Gasteiger partial charge on any atom is -1.00 e. The van der Waals surface area contributed by atoms with E-state index in [2.05, 4.69) is 69.4 Å². The number of thioether (sulfide) groups is 2. The van der Waals surface area contributed by atoms with Gasteiger partial charge >= 0.3 is 18.1 Å². The number of hydrogen-bond donors (Lipinski definition) is 3. The van der Waals surface area contributed by atoms with Gasteiger partial charge in [-0.3, -0.25) is 59.7 Å². The molecule has 3 saturated heterocycles. The number of pyridine rings is 6. The van der Waals surface area contributed by atoms with Gasteiger partial charge in [-0.25, -0.2) is 43.7 Å². The van der Waals surface area contributed by atoms with Gasteiger partial charge in [-0.2, -0.15) is 44.3 Å². The second kappa shape index (κ2) is 43.8. The number of halogens is 1. The summed E-state index contributed by atoms with van der Waals surface area (Å²) in [5, 5.41) is 36.4. The van der Waals surface area contributed by atoms with Crippen LogP contribution in [0.4, 0.5) is 53.7 Å². The largest absolute Gasteiger partial charge is 1.00 e. The quantitative estimate of drug-likeness (QED) is 0.0474. The number of aromatic nitrogens is 6. The van der Waals surface area contributed by atoms with Gasteiger partial charge in [-0.1, -0.05) is 28.7 Å². The monoisotopic (exact) mass is 1650 g/mol. The number of urea groups is 3. The number of aryl methyl sites for hydroxylation is 3. The second-order valence-corrected chi connectivity index (χ2v) is 31.2. The van der Waals surface area contributed by atoms with Crippen molar-refractivity contribution in [2.24, 2.45) is 11.8 Å². The SMILES string of the molecule is C.C.COC(OC)c1nc2c(cc1CN1CCN(C)CC1=O)CCCN2C(=O)Nc1cc(C[C@H](C)CSC)c(C#N)cn1.COC(OC)c1nc2c(cc1CN1CCN(C)CC1=O)CCCN2C(=O)Nc1cc(F)c(C#N)cn1.COc1nc2c(cc1CN1CCN(C)CC1=O)CCCN2C(=O)Nc1cc(C[C@H](C)CSC)c(C#N)cn1.[2H-]. The highest BCUT2D eigenvalue weighted by molar-refractivity contribution is 7.98. The number of anilines is 6. The van der Waals surface area contributed by atoms with Gasteiger partial charge in [0.25, 0.3) is 0 Å². The first kappa shape index (κ1) is 92.3. The van der Waals surface area contributed by atoms with Crippen molar-refractivity contribution in [3.05, 3.63) is 133 Å². The van der Waals surface area contributed by atoms with Crippen molar-refractivity contribution in [1.82, 2.24) is 59.3 Å². The van der Waals surface area contributed by atoms with E-state index in [1.165, 1.54) is 31.5 Å². The molecule has 6 aromatic heterocycles. The normalized spacial score (nSPS) is 16.1. The molecule has 3 fully saturated rings. The standard InChI is InChI=1S/C29H39N7O4S.C27H35N7O3S.C24H28FN7O4.2CH4.H/c1-19(18-41-5)11-21-13-24(31-15-23(21)14-30)32-29(38)36-8-6-7-20-12-22(16-35-10-9-34(2)17-25(35)37)26(33-27(20)36)28(39-3)40-4;1-18(17-38-4)10-20-12-23(29-14-22(20)13-28)30-27(36)34-7-5-6-19-11-21(26(37-3)31-25(19)34)15-33-9-8-32(2)16-24(33)35;1-30-7-8-31(20(33)14-30)13-16-9-15-5-4-6-32(22(15)29-21(16)23(35-2)36-3)24(34)28-19-10-18(25)17(11-26)12-27-19;;;/h12-13,15,19,28H,6-11,16-18H2,1-5H3,(H,31,32,38);11-12,14,18H,5-10,15-17H2,1-4H3,(H,29,30,36);9-10,12,23H,4-8,13-14H2,1-3H3,(H,27,28,34);2*1H4;/q;;;;;-1/t19-;18-;;;;/m00..../s1/i;;;;;1+1. The van der Waals surface area contributed by atoms with Gasteiger partial charge in [0.2, 0.25) is 36.2 Å². The first-order chi connectivity index (χ1) is 55.4. The molecule has 35 heteroatoms. The predicted octanol–water partition coefficient (Wildman–Crippen LogP) is 10.0. The van der Waals surface area contributed by atoms with Gasteiger partial charge in [0, 0.05) is 124 Å². The number of hydrogen-bond acceptors (Lipinski definition) is 25. The third kappa shape index (κ3) is 23.6. The molecule has 0 unspecified atom stereocenters. The van der Waals surface area contributed by atoms with Gasteiger partial charge in [0.05, 0.1) is 50.6 Å². The number of carbonyl (C=O) groups is 6. The first-order valence-electron chi connectivity index (χ1n) is 38.1. The zero-order chi connectivity index (χ0) is 82.6. The smallest absolute Gasteiger partial charge is 0.328 e. The number of likely N-dealkylation sites (N-methyl/N-ethyl adjacent to an activating group) is 3. The number of carbonyl (C=O) groups excluding carboxylic acids is 6. The minimum absolute atomic E-state index is 0. The van der Waals surface area contributed by atoms with Crippen LogP contribution < -0.4 is 35.4 Å². The Kier molecular flexibility index (Phi) is 34.5. The van der Waals surface area contributed by atoms with Crippen LogP contribution in [0.15, 0.2) is 55.0 Å². The van der Waals surface area contributed by atoms with Crippen LogP contribution in [0.3, 0.4) is 0 Å². The van der Waals surface area contributed by atoms with Gasteiger partial charge in [-0.15, -0.1) is 0 Å². The minimum atomic E-state index is -0.797. The number of methoxy groups -OCH3 is 5. The molecule has 12 heterocycles. The van der Waals surface area contributed by atoms with Gasteiger partial charge in [0.1, 0.15) is 75.9 Å². The Hall–Kier alpha value is -10.3. The van der Waals surface area contributed by atoms with E-state index in [9.17, 15) is 43.7 Å². The van der Waals surface area contributed by atoms with E-state index in [0.29, 0.717) is 161 Å². The molecule has 0 radical (unpaired) electrons. The van der Waals surface area contributed by atoms with Crippen molar-refractivity contribution >= 4 is 94.2 Å². The summed E-state index contributed by atoms with van der Waals surface area (Å²) in [6.07, 6.45) is 12.6. The summed E-state index contributed by atoms with van der Waals surface area (Å²) in [6, 6.07) is 15.5. The molecule has 0 bridgehead atoms. The topological polar surface area (TPSA) is 363 Å². The molecule has 0 aliphatic carbocycles. The Bertz CT molecular complexity index is 4640. The van der Waals surface area contributed by atoms with Crippen LogP contribution in [0.25, 0.3) is 0 Å². The summed E-state index contributed by atoms with van der Waals surface area (Å²) in [5.41, 5.74) is 8.79. The van der Waals surface area contributed by atoms with E-state index >= 15 is 0 Å². The second-order valence-electron chi connectivity index (χ2n) is 29.4. The Morgan fingerprint density at radius 1 is 0.487 bits per heavy atom. The molecule has 6 aliphatic rings. The van der Waals surface area contributed by atoms with Crippen LogP contribution >= 0.6 is 23.5 Å².